The number of anilines is 4. The maximum Gasteiger partial charge on any atom is 0.249 e. The number of rotatable bonds is 5. The van der Waals surface area contributed by atoms with Gasteiger partial charge in [-0.1, -0.05) is 18.2 Å². The third-order valence-corrected chi connectivity index (χ3v) is 3.18. The van der Waals surface area contributed by atoms with Gasteiger partial charge in [-0.2, -0.15) is 15.3 Å². The molecule has 0 saturated heterocycles. The summed E-state index contributed by atoms with van der Waals surface area (Å²) in [4.78, 5) is 4.36. The van der Waals surface area contributed by atoms with Crippen LogP contribution in [0.4, 0.5) is 23.1 Å². The Balaban J connectivity index is 1.80. The van der Waals surface area contributed by atoms with Crippen molar-refractivity contribution in [3.05, 3.63) is 60.3 Å². The van der Waals surface area contributed by atoms with E-state index in [1.54, 1.807) is 25.3 Å². The highest BCUT2D eigenvalue weighted by Crippen LogP contribution is 2.25. The van der Waals surface area contributed by atoms with Gasteiger partial charge in [-0.15, -0.1) is 5.10 Å². The van der Waals surface area contributed by atoms with E-state index < -0.39 is 0 Å². The van der Waals surface area contributed by atoms with Crippen LogP contribution >= 0.6 is 0 Å². The van der Waals surface area contributed by atoms with Crippen LogP contribution in [0.25, 0.3) is 0 Å². The summed E-state index contributed by atoms with van der Waals surface area (Å²) in [5.74, 6) is 1.53. The lowest BCUT2D eigenvalue weighted by molar-refractivity contribution is 0.417. The van der Waals surface area contributed by atoms with Crippen molar-refractivity contribution in [1.82, 2.24) is 15.2 Å². The van der Waals surface area contributed by atoms with Gasteiger partial charge < -0.3 is 15.4 Å². The molecule has 1 aromatic heterocycles. The third-order valence-electron chi connectivity index (χ3n) is 3.18. The van der Waals surface area contributed by atoms with E-state index in [4.69, 9.17) is 10.00 Å². The second-order valence-corrected chi connectivity index (χ2v) is 4.81. The summed E-state index contributed by atoms with van der Waals surface area (Å²) >= 11 is 0. The zero-order valence-corrected chi connectivity index (χ0v) is 12.9. The summed E-state index contributed by atoms with van der Waals surface area (Å²) in [6.07, 6.45) is 1.51. The van der Waals surface area contributed by atoms with Crippen molar-refractivity contribution in [3.63, 3.8) is 0 Å². The Labute approximate surface area is 139 Å². The minimum absolute atomic E-state index is 0.334. The molecule has 0 fully saturated rings. The highest BCUT2D eigenvalue weighted by Gasteiger charge is 2.06. The topological polar surface area (TPSA) is 95.8 Å². The fourth-order valence-electron chi connectivity index (χ4n) is 2.10. The summed E-state index contributed by atoms with van der Waals surface area (Å²) in [7, 11) is 1.60. The first-order chi connectivity index (χ1) is 11.8. The number of nitriles is 1. The molecule has 24 heavy (non-hydrogen) atoms. The lowest BCUT2D eigenvalue weighted by Gasteiger charge is -2.10. The van der Waals surface area contributed by atoms with Crippen LogP contribution in [0.1, 0.15) is 5.56 Å². The maximum atomic E-state index is 8.95. The summed E-state index contributed by atoms with van der Waals surface area (Å²) in [6, 6.07) is 16.7. The third kappa shape index (κ3) is 3.56. The van der Waals surface area contributed by atoms with E-state index in [-0.39, 0.29) is 0 Å². The van der Waals surface area contributed by atoms with E-state index in [0.717, 1.165) is 11.4 Å². The number of benzene rings is 2. The fraction of sp³-hybridized carbons (Fsp3) is 0.0588. The first-order valence-electron chi connectivity index (χ1n) is 7.15. The van der Waals surface area contributed by atoms with E-state index >= 15 is 0 Å². The van der Waals surface area contributed by atoms with Crippen LogP contribution in [-0.2, 0) is 0 Å². The van der Waals surface area contributed by atoms with Crippen molar-refractivity contribution in [2.75, 3.05) is 17.7 Å². The molecule has 3 rings (SSSR count). The lowest BCUT2D eigenvalue weighted by Crippen LogP contribution is -2.03. The van der Waals surface area contributed by atoms with Crippen LogP contribution in [0.5, 0.6) is 5.75 Å². The number of ether oxygens (including phenoxy) is 1. The van der Waals surface area contributed by atoms with Crippen molar-refractivity contribution >= 4 is 23.1 Å². The molecule has 3 aromatic rings. The number of aromatic nitrogens is 3. The Morgan fingerprint density at radius 3 is 2.79 bits per heavy atom. The molecular weight excluding hydrogens is 304 g/mol. The predicted molar refractivity (Wildman–Crippen MR) is 90.5 cm³/mol. The molecule has 0 radical (unpaired) electrons. The quantitative estimate of drug-likeness (QED) is 0.745. The molecule has 0 bridgehead atoms. The van der Waals surface area contributed by atoms with Gasteiger partial charge in [-0.25, -0.2) is 0 Å². The first kappa shape index (κ1) is 15.2. The number of para-hydroxylation sites is 2. The minimum atomic E-state index is 0.334. The molecule has 0 aliphatic heterocycles. The maximum absolute atomic E-state index is 8.95. The average molecular weight is 318 g/mol. The van der Waals surface area contributed by atoms with Gasteiger partial charge in [0, 0.05) is 5.69 Å². The molecule has 0 aliphatic rings. The van der Waals surface area contributed by atoms with Crippen molar-refractivity contribution in [1.29, 1.82) is 5.26 Å². The molecule has 0 saturated carbocycles. The Hall–Kier alpha value is -3.66. The molecule has 1 heterocycles. The van der Waals surface area contributed by atoms with Crippen LogP contribution in [-0.4, -0.2) is 22.3 Å². The molecule has 0 amide bonds. The molecule has 0 atom stereocenters. The van der Waals surface area contributed by atoms with Crippen molar-refractivity contribution in [2.45, 2.75) is 0 Å². The van der Waals surface area contributed by atoms with Gasteiger partial charge in [0.1, 0.15) is 5.75 Å². The van der Waals surface area contributed by atoms with E-state index in [0.29, 0.717) is 23.1 Å². The number of methoxy groups -OCH3 is 1. The van der Waals surface area contributed by atoms with Gasteiger partial charge >= 0.3 is 0 Å². The number of hydrogen-bond acceptors (Lipinski definition) is 7. The van der Waals surface area contributed by atoms with Gasteiger partial charge in [0.25, 0.3) is 0 Å². The van der Waals surface area contributed by atoms with Gasteiger partial charge in [-0.3, -0.25) is 0 Å². The standard InChI is InChI=1S/C17H14N6O/c1-24-15-8-3-2-7-14(15)21-17-22-16(11-19-23-17)20-13-6-4-5-12(9-13)10-18/h2-9,11H,1H3,(H2,20,21,22,23). The van der Waals surface area contributed by atoms with Crippen LogP contribution in [0.2, 0.25) is 0 Å². The largest absolute Gasteiger partial charge is 0.495 e. The number of nitrogens with one attached hydrogen (secondary N) is 2. The van der Waals surface area contributed by atoms with Gasteiger partial charge in [-0.05, 0) is 30.3 Å². The molecule has 7 heteroatoms. The second-order valence-electron chi connectivity index (χ2n) is 4.81. The molecule has 0 aliphatic carbocycles. The Morgan fingerprint density at radius 2 is 1.96 bits per heavy atom. The van der Waals surface area contributed by atoms with Gasteiger partial charge in [0.05, 0.1) is 30.6 Å². The molecule has 0 spiro atoms. The molecule has 118 valence electrons. The second kappa shape index (κ2) is 7.07. The summed E-state index contributed by atoms with van der Waals surface area (Å²) in [5.41, 5.74) is 2.05. The van der Waals surface area contributed by atoms with Crippen molar-refractivity contribution < 1.29 is 4.74 Å². The smallest absolute Gasteiger partial charge is 0.249 e. The van der Waals surface area contributed by atoms with Gasteiger partial charge in [0.15, 0.2) is 5.82 Å². The average Bonchev–Trinajstić information content (AvgIpc) is 2.62. The zero-order valence-electron chi connectivity index (χ0n) is 12.9. The summed E-state index contributed by atoms with van der Waals surface area (Å²) < 4.78 is 5.28. The summed E-state index contributed by atoms with van der Waals surface area (Å²) in [5, 5.41) is 23.0. The predicted octanol–water partition coefficient (Wildman–Crippen LogP) is 3.24. The van der Waals surface area contributed by atoms with Crippen LogP contribution < -0.4 is 15.4 Å². The lowest BCUT2D eigenvalue weighted by atomic mass is 10.2. The molecule has 2 N–H and O–H groups in total. The molecule has 2 aromatic carbocycles. The highest BCUT2D eigenvalue weighted by atomic mass is 16.5. The summed E-state index contributed by atoms with van der Waals surface area (Å²) in [6.45, 7) is 0. The minimum Gasteiger partial charge on any atom is -0.495 e. The molecule has 7 nitrogen and oxygen atoms in total. The highest BCUT2D eigenvalue weighted by molar-refractivity contribution is 5.64. The van der Waals surface area contributed by atoms with E-state index in [9.17, 15) is 0 Å². The Bertz CT molecular complexity index is 890. The first-order valence-corrected chi connectivity index (χ1v) is 7.15. The van der Waals surface area contributed by atoms with Crippen molar-refractivity contribution in [3.8, 4) is 11.8 Å². The van der Waals surface area contributed by atoms with E-state index in [1.165, 1.54) is 6.20 Å². The molecular formula is C17H14N6O. The van der Waals surface area contributed by atoms with Crippen LogP contribution in [0.3, 0.4) is 0 Å². The Kier molecular flexibility index (Phi) is 4.49. The number of nitrogens with zero attached hydrogens (tertiary/aromatic N) is 4. The number of hydrogen-bond donors (Lipinski definition) is 2. The van der Waals surface area contributed by atoms with Crippen LogP contribution in [0.15, 0.2) is 54.7 Å². The molecule has 0 unspecified atom stereocenters. The normalized spacial score (nSPS) is 9.83. The SMILES string of the molecule is COc1ccccc1Nc1nncc(Nc2cccc(C#N)c2)n1. The van der Waals surface area contributed by atoms with Gasteiger partial charge in [0.2, 0.25) is 5.95 Å². The van der Waals surface area contributed by atoms with E-state index in [1.807, 2.05) is 30.3 Å². The zero-order chi connectivity index (χ0) is 16.8. The van der Waals surface area contributed by atoms with Crippen LogP contribution in [0, 0.1) is 11.3 Å². The monoisotopic (exact) mass is 318 g/mol. The van der Waals surface area contributed by atoms with Crippen molar-refractivity contribution in [2.24, 2.45) is 0 Å². The Morgan fingerprint density at radius 1 is 1.08 bits per heavy atom. The fourth-order valence-corrected chi connectivity index (χ4v) is 2.10. The van der Waals surface area contributed by atoms with E-state index in [2.05, 4.69) is 31.9 Å².